The van der Waals surface area contributed by atoms with Crippen molar-refractivity contribution >= 4 is 11.7 Å². The van der Waals surface area contributed by atoms with Crippen LogP contribution < -0.4 is 10.6 Å². The first-order valence-corrected chi connectivity index (χ1v) is 6.00. The highest BCUT2D eigenvalue weighted by Crippen LogP contribution is 2.10. The Balaban J connectivity index is 2.59. The maximum absolute atomic E-state index is 11.8. The summed E-state index contributed by atoms with van der Waals surface area (Å²) in [5, 5.41) is 5.96. The number of carbonyl (C=O) groups excluding carboxylic acids is 1. The van der Waals surface area contributed by atoms with E-state index in [9.17, 15) is 4.79 Å². The molecular formula is C13H21N3O. The molecule has 4 nitrogen and oxygen atoms in total. The van der Waals surface area contributed by atoms with Crippen LogP contribution in [0.3, 0.4) is 0 Å². The number of nitrogens with zero attached hydrogens (tertiary/aromatic N) is 1. The van der Waals surface area contributed by atoms with E-state index < -0.39 is 0 Å². The summed E-state index contributed by atoms with van der Waals surface area (Å²) in [6.07, 6.45) is 0. The van der Waals surface area contributed by atoms with Crippen LogP contribution in [0, 0.1) is 0 Å². The Hall–Kier alpha value is -1.55. The number of nitrogens with one attached hydrogen (secondary N) is 2. The van der Waals surface area contributed by atoms with Gasteiger partial charge < -0.3 is 15.5 Å². The highest BCUT2D eigenvalue weighted by atomic mass is 16.2. The fourth-order valence-corrected chi connectivity index (χ4v) is 1.62. The standard InChI is InChI=1S/C13H21N3O/c1-4-16(5-2)13(17)15-12-8-6-11(7-9-12)10-14-3/h6-9,14H,4-5,10H2,1-3H3,(H,15,17). The SMILES string of the molecule is CCN(CC)C(=O)Nc1ccc(CNC)cc1. The summed E-state index contributed by atoms with van der Waals surface area (Å²) >= 11 is 0. The van der Waals surface area contributed by atoms with E-state index in [-0.39, 0.29) is 6.03 Å². The molecule has 94 valence electrons. The zero-order valence-electron chi connectivity index (χ0n) is 10.8. The highest BCUT2D eigenvalue weighted by Gasteiger charge is 2.08. The fraction of sp³-hybridized carbons (Fsp3) is 0.462. The molecule has 0 aromatic heterocycles. The quantitative estimate of drug-likeness (QED) is 0.822. The minimum atomic E-state index is -0.0450. The Morgan fingerprint density at radius 2 is 1.76 bits per heavy atom. The first-order chi connectivity index (χ1) is 8.21. The predicted molar refractivity (Wildman–Crippen MR) is 71.1 cm³/mol. The van der Waals surface area contributed by atoms with Crippen molar-refractivity contribution < 1.29 is 4.79 Å². The summed E-state index contributed by atoms with van der Waals surface area (Å²) in [5.74, 6) is 0. The molecular weight excluding hydrogens is 214 g/mol. The lowest BCUT2D eigenvalue weighted by Gasteiger charge is -2.19. The molecule has 1 rings (SSSR count). The average molecular weight is 235 g/mol. The Kier molecular flexibility index (Phi) is 5.49. The summed E-state index contributed by atoms with van der Waals surface area (Å²) in [6, 6.07) is 7.82. The molecule has 1 aromatic rings. The number of urea groups is 1. The molecule has 0 bridgehead atoms. The van der Waals surface area contributed by atoms with Crippen molar-refractivity contribution in [3.8, 4) is 0 Å². The lowest BCUT2D eigenvalue weighted by atomic mass is 10.2. The molecule has 0 radical (unpaired) electrons. The molecule has 0 aliphatic rings. The van der Waals surface area contributed by atoms with Gasteiger partial charge in [0.1, 0.15) is 0 Å². The van der Waals surface area contributed by atoms with Gasteiger partial charge in [0, 0.05) is 25.3 Å². The third-order valence-corrected chi connectivity index (χ3v) is 2.64. The second-order valence-corrected chi connectivity index (χ2v) is 3.83. The number of rotatable bonds is 5. The van der Waals surface area contributed by atoms with Crippen LogP contribution in [0.4, 0.5) is 10.5 Å². The molecule has 0 spiro atoms. The van der Waals surface area contributed by atoms with Crippen LogP contribution in [0.25, 0.3) is 0 Å². The second-order valence-electron chi connectivity index (χ2n) is 3.83. The lowest BCUT2D eigenvalue weighted by molar-refractivity contribution is 0.217. The largest absolute Gasteiger partial charge is 0.325 e. The average Bonchev–Trinajstić information content (AvgIpc) is 2.33. The molecule has 0 saturated carbocycles. The van der Waals surface area contributed by atoms with Crippen LogP contribution >= 0.6 is 0 Å². The Morgan fingerprint density at radius 3 is 2.24 bits per heavy atom. The van der Waals surface area contributed by atoms with Crippen LogP contribution in [-0.4, -0.2) is 31.1 Å². The van der Waals surface area contributed by atoms with Gasteiger partial charge in [-0.15, -0.1) is 0 Å². The van der Waals surface area contributed by atoms with Crippen molar-refractivity contribution in [2.45, 2.75) is 20.4 Å². The van der Waals surface area contributed by atoms with Gasteiger partial charge in [-0.2, -0.15) is 0 Å². The fourth-order valence-electron chi connectivity index (χ4n) is 1.62. The summed E-state index contributed by atoms with van der Waals surface area (Å²) in [5.41, 5.74) is 2.04. The second kappa shape index (κ2) is 6.91. The van der Waals surface area contributed by atoms with Gasteiger partial charge in [0.25, 0.3) is 0 Å². The van der Waals surface area contributed by atoms with E-state index in [4.69, 9.17) is 0 Å². The maximum atomic E-state index is 11.8. The van der Waals surface area contributed by atoms with Gasteiger partial charge in [-0.05, 0) is 38.6 Å². The van der Waals surface area contributed by atoms with E-state index in [2.05, 4.69) is 10.6 Å². The van der Waals surface area contributed by atoms with Crippen LogP contribution in [0.5, 0.6) is 0 Å². The van der Waals surface area contributed by atoms with E-state index in [0.717, 1.165) is 25.3 Å². The van der Waals surface area contributed by atoms with Crippen molar-refractivity contribution in [2.24, 2.45) is 0 Å². The number of hydrogen-bond donors (Lipinski definition) is 2. The van der Waals surface area contributed by atoms with Crippen molar-refractivity contribution in [3.63, 3.8) is 0 Å². The van der Waals surface area contributed by atoms with Crippen molar-refractivity contribution in [2.75, 3.05) is 25.5 Å². The molecule has 0 heterocycles. The molecule has 0 saturated heterocycles. The van der Waals surface area contributed by atoms with Gasteiger partial charge in [0.05, 0.1) is 0 Å². The Bertz CT molecular complexity index is 344. The van der Waals surface area contributed by atoms with Gasteiger partial charge in [-0.25, -0.2) is 4.79 Å². The zero-order valence-corrected chi connectivity index (χ0v) is 10.8. The molecule has 17 heavy (non-hydrogen) atoms. The zero-order chi connectivity index (χ0) is 12.7. The molecule has 0 aliphatic carbocycles. The van der Waals surface area contributed by atoms with Crippen LogP contribution in [-0.2, 0) is 6.54 Å². The molecule has 4 heteroatoms. The molecule has 0 unspecified atom stereocenters. The molecule has 0 aliphatic heterocycles. The summed E-state index contributed by atoms with van der Waals surface area (Å²) in [4.78, 5) is 13.5. The van der Waals surface area contributed by atoms with Crippen molar-refractivity contribution in [3.05, 3.63) is 29.8 Å². The number of benzene rings is 1. The molecule has 2 amide bonds. The van der Waals surface area contributed by atoms with Crippen molar-refractivity contribution in [1.82, 2.24) is 10.2 Å². The van der Waals surface area contributed by atoms with E-state index in [1.54, 1.807) is 4.90 Å². The third-order valence-electron chi connectivity index (χ3n) is 2.64. The normalized spacial score (nSPS) is 10.1. The van der Waals surface area contributed by atoms with Crippen LogP contribution in [0.15, 0.2) is 24.3 Å². The minimum Gasteiger partial charge on any atom is -0.325 e. The topological polar surface area (TPSA) is 44.4 Å². The minimum absolute atomic E-state index is 0.0450. The third kappa shape index (κ3) is 4.07. The monoisotopic (exact) mass is 235 g/mol. The number of amides is 2. The van der Waals surface area contributed by atoms with E-state index in [0.29, 0.717) is 0 Å². The van der Waals surface area contributed by atoms with Crippen LogP contribution in [0.1, 0.15) is 19.4 Å². The van der Waals surface area contributed by atoms with Gasteiger partial charge in [-0.1, -0.05) is 12.1 Å². The maximum Gasteiger partial charge on any atom is 0.321 e. The number of carbonyl (C=O) groups is 1. The molecule has 0 atom stereocenters. The number of anilines is 1. The van der Waals surface area contributed by atoms with Crippen LogP contribution in [0.2, 0.25) is 0 Å². The molecule has 1 aromatic carbocycles. The Labute approximate surface area is 103 Å². The predicted octanol–water partition coefficient (Wildman–Crippen LogP) is 2.28. The van der Waals surface area contributed by atoms with E-state index >= 15 is 0 Å². The molecule has 2 N–H and O–H groups in total. The van der Waals surface area contributed by atoms with Gasteiger partial charge >= 0.3 is 6.03 Å². The van der Waals surface area contributed by atoms with Gasteiger partial charge in [0.15, 0.2) is 0 Å². The molecule has 0 fully saturated rings. The number of hydrogen-bond acceptors (Lipinski definition) is 2. The first-order valence-electron chi connectivity index (χ1n) is 6.00. The van der Waals surface area contributed by atoms with E-state index in [1.165, 1.54) is 5.56 Å². The lowest BCUT2D eigenvalue weighted by Crippen LogP contribution is -2.34. The van der Waals surface area contributed by atoms with Crippen molar-refractivity contribution in [1.29, 1.82) is 0 Å². The smallest absolute Gasteiger partial charge is 0.321 e. The highest BCUT2D eigenvalue weighted by molar-refractivity contribution is 5.89. The van der Waals surface area contributed by atoms with Gasteiger partial charge in [-0.3, -0.25) is 0 Å². The first kappa shape index (κ1) is 13.5. The summed E-state index contributed by atoms with van der Waals surface area (Å²) < 4.78 is 0. The van der Waals surface area contributed by atoms with Gasteiger partial charge in [0.2, 0.25) is 0 Å². The summed E-state index contributed by atoms with van der Waals surface area (Å²) in [6.45, 7) is 6.23. The summed E-state index contributed by atoms with van der Waals surface area (Å²) in [7, 11) is 1.91. The van der Waals surface area contributed by atoms with E-state index in [1.807, 2.05) is 45.2 Å². The Morgan fingerprint density at radius 1 is 1.18 bits per heavy atom.